The number of imidazole rings is 1. The maximum atomic E-state index is 4.62. The molecule has 2 heterocycles. The summed E-state index contributed by atoms with van der Waals surface area (Å²) >= 11 is 1.77. The molecule has 0 bridgehead atoms. The largest absolute Gasteiger partial charge is 0.333 e. The summed E-state index contributed by atoms with van der Waals surface area (Å²) in [5.74, 6) is 0.962. The molecule has 106 valence electrons. The van der Waals surface area contributed by atoms with Gasteiger partial charge in [-0.05, 0) is 45.4 Å². The SMILES string of the molecule is CC1(C)C=C(CSc2nc3ccccc3[nH]2)C(C)(C)N1. The van der Waals surface area contributed by atoms with Gasteiger partial charge in [0.15, 0.2) is 5.16 Å². The van der Waals surface area contributed by atoms with E-state index in [9.17, 15) is 0 Å². The molecule has 0 radical (unpaired) electrons. The lowest BCUT2D eigenvalue weighted by Gasteiger charge is -2.28. The second-order valence-electron chi connectivity index (χ2n) is 6.49. The van der Waals surface area contributed by atoms with Crippen LogP contribution in [0.15, 0.2) is 41.1 Å². The normalized spacial score (nSPS) is 20.3. The highest BCUT2D eigenvalue weighted by molar-refractivity contribution is 7.99. The van der Waals surface area contributed by atoms with E-state index < -0.39 is 0 Å². The highest BCUT2D eigenvalue weighted by Gasteiger charge is 2.36. The van der Waals surface area contributed by atoms with E-state index in [2.05, 4.69) is 55.1 Å². The lowest BCUT2D eigenvalue weighted by molar-refractivity contribution is 0.388. The Labute approximate surface area is 124 Å². The molecule has 4 heteroatoms. The van der Waals surface area contributed by atoms with E-state index in [-0.39, 0.29) is 11.1 Å². The van der Waals surface area contributed by atoms with Crippen molar-refractivity contribution in [3.8, 4) is 0 Å². The molecule has 0 atom stereocenters. The van der Waals surface area contributed by atoms with Crippen molar-refractivity contribution in [2.45, 2.75) is 43.9 Å². The van der Waals surface area contributed by atoms with E-state index in [1.807, 2.05) is 18.2 Å². The standard InChI is InChI=1S/C16H21N3S/c1-15(2)9-11(16(3,4)19-15)10-20-14-17-12-7-5-6-8-13(12)18-14/h5-9,19H,10H2,1-4H3,(H,17,18). The number of benzene rings is 1. The van der Waals surface area contributed by atoms with Gasteiger partial charge in [0.05, 0.1) is 11.0 Å². The van der Waals surface area contributed by atoms with Crippen LogP contribution >= 0.6 is 11.8 Å². The molecule has 0 fully saturated rings. The number of thioether (sulfide) groups is 1. The fourth-order valence-corrected chi connectivity index (χ4v) is 3.99. The van der Waals surface area contributed by atoms with Crippen molar-refractivity contribution in [2.75, 3.05) is 5.75 Å². The Morgan fingerprint density at radius 3 is 2.55 bits per heavy atom. The zero-order valence-corrected chi connectivity index (χ0v) is 13.3. The molecule has 20 heavy (non-hydrogen) atoms. The van der Waals surface area contributed by atoms with Gasteiger partial charge in [-0.15, -0.1) is 0 Å². The number of nitrogens with zero attached hydrogens (tertiary/aromatic N) is 1. The van der Waals surface area contributed by atoms with Crippen LogP contribution in [-0.4, -0.2) is 26.8 Å². The predicted octanol–water partition coefficient (Wildman–Crippen LogP) is 3.74. The number of rotatable bonds is 3. The van der Waals surface area contributed by atoms with Gasteiger partial charge in [-0.25, -0.2) is 4.98 Å². The van der Waals surface area contributed by atoms with Crippen LogP contribution in [0.25, 0.3) is 11.0 Å². The van der Waals surface area contributed by atoms with Crippen LogP contribution in [0.3, 0.4) is 0 Å². The van der Waals surface area contributed by atoms with Gasteiger partial charge in [-0.2, -0.15) is 0 Å². The molecular weight excluding hydrogens is 266 g/mol. The number of aromatic amines is 1. The minimum absolute atomic E-state index is 0.0581. The van der Waals surface area contributed by atoms with Crippen LogP contribution in [0.4, 0.5) is 0 Å². The quantitative estimate of drug-likeness (QED) is 0.667. The third-order valence-electron chi connectivity index (χ3n) is 3.70. The number of nitrogens with one attached hydrogen (secondary N) is 2. The van der Waals surface area contributed by atoms with E-state index in [0.29, 0.717) is 0 Å². The van der Waals surface area contributed by atoms with Crippen molar-refractivity contribution in [3.05, 3.63) is 35.9 Å². The number of para-hydroxylation sites is 2. The fraction of sp³-hybridized carbons (Fsp3) is 0.438. The number of hydrogen-bond acceptors (Lipinski definition) is 3. The minimum atomic E-state index is 0.0581. The highest BCUT2D eigenvalue weighted by atomic mass is 32.2. The molecule has 0 saturated heterocycles. The summed E-state index contributed by atoms with van der Waals surface area (Å²) in [6.07, 6.45) is 2.35. The number of H-pyrrole nitrogens is 1. The number of aromatic nitrogens is 2. The molecular formula is C16H21N3S. The van der Waals surface area contributed by atoms with Crippen LogP contribution in [0.2, 0.25) is 0 Å². The zero-order chi connectivity index (χ0) is 14.4. The van der Waals surface area contributed by atoms with Crippen molar-refractivity contribution in [1.29, 1.82) is 0 Å². The fourth-order valence-electron chi connectivity index (χ4n) is 2.90. The monoisotopic (exact) mass is 287 g/mol. The Morgan fingerprint density at radius 2 is 1.90 bits per heavy atom. The van der Waals surface area contributed by atoms with Crippen LogP contribution in [0.5, 0.6) is 0 Å². The second kappa shape index (κ2) is 4.64. The van der Waals surface area contributed by atoms with E-state index >= 15 is 0 Å². The molecule has 0 amide bonds. The average molecular weight is 287 g/mol. The van der Waals surface area contributed by atoms with Gasteiger partial charge in [-0.1, -0.05) is 30.0 Å². The molecule has 3 rings (SSSR count). The molecule has 1 aromatic heterocycles. The summed E-state index contributed by atoms with van der Waals surface area (Å²) in [7, 11) is 0. The van der Waals surface area contributed by atoms with Gasteiger partial charge in [0.1, 0.15) is 0 Å². The molecule has 2 aromatic rings. The van der Waals surface area contributed by atoms with Crippen LogP contribution < -0.4 is 5.32 Å². The smallest absolute Gasteiger partial charge is 0.166 e. The summed E-state index contributed by atoms with van der Waals surface area (Å²) in [6.45, 7) is 8.92. The van der Waals surface area contributed by atoms with Gasteiger partial charge in [-0.3, -0.25) is 5.32 Å². The summed E-state index contributed by atoms with van der Waals surface area (Å²) in [5, 5.41) is 4.64. The summed E-state index contributed by atoms with van der Waals surface area (Å²) < 4.78 is 0. The Bertz CT molecular complexity index is 634. The summed E-state index contributed by atoms with van der Waals surface area (Å²) in [4.78, 5) is 7.99. The van der Waals surface area contributed by atoms with Gasteiger partial charge in [0.25, 0.3) is 0 Å². The highest BCUT2D eigenvalue weighted by Crippen LogP contribution is 2.33. The molecule has 0 spiro atoms. The van der Waals surface area contributed by atoms with Gasteiger partial charge < -0.3 is 4.98 Å². The van der Waals surface area contributed by atoms with Crippen LogP contribution in [0.1, 0.15) is 27.7 Å². The first-order valence-electron chi connectivity index (χ1n) is 6.95. The van der Waals surface area contributed by atoms with Crippen molar-refractivity contribution in [3.63, 3.8) is 0 Å². The third-order valence-corrected chi connectivity index (χ3v) is 4.63. The summed E-state index contributed by atoms with van der Waals surface area (Å²) in [6, 6.07) is 8.16. The molecule has 0 unspecified atom stereocenters. The van der Waals surface area contributed by atoms with Crippen LogP contribution in [0, 0.1) is 0 Å². The van der Waals surface area contributed by atoms with Crippen molar-refractivity contribution in [1.82, 2.24) is 15.3 Å². The van der Waals surface area contributed by atoms with E-state index in [1.54, 1.807) is 11.8 Å². The van der Waals surface area contributed by atoms with E-state index in [1.165, 1.54) is 5.57 Å². The summed E-state index contributed by atoms with van der Waals surface area (Å²) in [5.41, 5.74) is 3.71. The van der Waals surface area contributed by atoms with Gasteiger partial charge in [0, 0.05) is 16.8 Å². The first kappa shape index (κ1) is 13.7. The lowest BCUT2D eigenvalue weighted by atomic mass is 9.99. The van der Waals surface area contributed by atoms with E-state index in [4.69, 9.17) is 0 Å². The maximum Gasteiger partial charge on any atom is 0.166 e. The average Bonchev–Trinajstić information content (AvgIpc) is 2.83. The van der Waals surface area contributed by atoms with Gasteiger partial charge in [0.2, 0.25) is 0 Å². The van der Waals surface area contributed by atoms with Gasteiger partial charge >= 0.3 is 0 Å². The molecule has 1 aliphatic heterocycles. The molecule has 0 saturated carbocycles. The Kier molecular flexibility index (Phi) is 3.18. The second-order valence-corrected chi connectivity index (χ2v) is 7.45. The molecule has 0 aliphatic carbocycles. The van der Waals surface area contributed by atoms with Crippen molar-refractivity contribution >= 4 is 22.8 Å². The molecule has 1 aromatic carbocycles. The first-order chi connectivity index (χ1) is 9.36. The van der Waals surface area contributed by atoms with Crippen LogP contribution in [-0.2, 0) is 0 Å². The first-order valence-corrected chi connectivity index (χ1v) is 7.93. The molecule has 2 N–H and O–H groups in total. The van der Waals surface area contributed by atoms with Crippen molar-refractivity contribution < 1.29 is 0 Å². The maximum absolute atomic E-state index is 4.62. The predicted molar refractivity (Wildman–Crippen MR) is 86.2 cm³/mol. The van der Waals surface area contributed by atoms with Crippen molar-refractivity contribution in [2.24, 2.45) is 0 Å². The topological polar surface area (TPSA) is 40.7 Å². The number of hydrogen-bond donors (Lipinski definition) is 2. The zero-order valence-electron chi connectivity index (χ0n) is 12.4. The van der Waals surface area contributed by atoms with E-state index in [0.717, 1.165) is 21.9 Å². The Morgan fingerprint density at radius 1 is 1.15 bits per heavy atom. The Hall–Kier alpha value is -1.26. The third kappa shape index (κ3) is 2.63. The molecule has 1 aliphatic rings. The number of fused-ring (bicyclic) bond motifs is 1. The lowest BCUT2D eigenvalue weighted by Crippen LogP contribution is -2.45. The minimum Gasteiger partial charge on any atom is -0.333 e. The Balaban J connectivity index is 1.76. The molecule has 3 nitrogen and oxygen atoms in total.